The van der Waals surface area contributed by atoms with Crippen LogP contribution in [0.5, 0.6) is 11.6 Å². The lowest BCUT2D eigenvalue weighted by Crippen LogP contribution is -2.35. The highest BCUT2D eigenvalue weighted by atomic mass is 35.5. The van der Waals surface area contributed by atoms with Crippen molar-refractivity contribution in [1.82, 2.24) is 25.2 Å². The minimum absolute atomic E-state index is 0.00752. The monoisotopic (exact) mass is 480 g/mol. The van der Waals surface area contributed by atoms with Gasteiger partial charge in [0, 0.05) is 30.8 Å². The Hall–Kier alpha value is -3.64. The molecule has 1 aromatic carbocycles. The van der Waals surface area contributed by atoms with Crippen LogP contribution >= 0.6 is 11.6 Å². The van der Waals surface area contributed by atoms with Crippen molar-refractivity contribution in [3.63, 3.8) is 0 Å². The summed E-state index contributed by atoms with van der Waals surface area (Å²) in [5.41, 5.74) is 6.56. The molecule has 2 amide bonds. The third-order valence-electron chi connectivity index (χ3n) is 4.46. The molecule has 2 aromatic heterocycles. The molecule has 0 bridgehead atoms. The Kier molecular flexibility index (Phi) is 7.51. The first-order valence-corrected chi connectivity index (χ1v) is 10.1. The number of aromatic nitrogens is 3. The Morgan fingerprint density at radius 2 is 2.09 bits per heavy atom. The molecule has 3 aromatic rings. The zero-order valence-electron chi connectivity index (χ0n) is 18.0. The largest absolute Gasteiger partial charge is 0.494 e. The molecule has 0 aliphatic rings. The van der Waals surface area contributed by atoms with Crippen molar-refractivity contribution in [3.05, 3.63) is 46.5 Å². The molecule has 33 heavy (non-hydrogen) atoms. The van der Waals surface area contributed by atoms with Crippen LogP contribution < -0.4 is 25.8 Å². The fourth-order valence-electron chi connectivity index (χ4n) is 2.88. The van der Waals surface area contributed by atoms with Crippen LogP contribution in [-0.4, -0.2) is 53.4 Å². The van der Waals surface area contributed by atoms with Crippen LogP contribution in [0.4, 0.5) is 14.9 Å². The zero-order chi connectivity index (χ0) is 24.1. The first kappa shape index (κ1) is 24.0. The number of methoxy groups -OCH3 is 1. The van der Waals surface area contributed by atoms with Gasteiger partial charge in [-0.2, -0.15) is 9.61 Å². The van der Waals surface area contributed by atoms with Gasteiger partial charge in [-0.15, -0.1) is 0 Å². The van der Waals surface area contributed by atoms with Gasteiger partial charge in [-0.05, 0) is 13.0 Å². The maximum atomic E-state index is 14.1. The summed E-state index contributed by atoms with van der Waals surface area (Å²) < 4.78 is 30.9. The number of hydrogen-bond acceptors (Lipinski definition) is 8. The van der Waals surface area contributed by atoms with Crippen LogP contribution in [0.25, 0.3) is 5.65 Å². The number of hydrogen-bond donors (Lipinski definition) is 3. The minimum Gasteiger partial charge on any atom is -0.494 e. The van der Waals surface area contributed by atoms with Crippen LogP contribution in [0, 0.1) is 5.82 Å². The van der Waals surface area contributed by atoms with Gasteiger partial charge in [0.25, 0.3) is 5.91 Å². The van der Waals surface area contributed by atoms with E-state index in [0.717, 1.165) is 0 Å². The average molecular weight is 481 g/mol. The van der Waals surface area contributed by atoms with Crippen molar-refractivity contribution in [2.24, 2.45) is 0 Å². The van der Waals surface area contributed by atoms with E-state index in [2.05, 4.69) is 20.7 Å². The molecule has 0 fully saturated rings. The molecule has 0 spiro atoms. The van der Waals surface area contributed by atoms with Gasteiger partial charge in [-0.25, -0.2) is 14.2 Å². The van der Waals surface area contributed by atoms with E-state index in [1.165, 1.54) is 43.1 Å². The number of anilines is 1. The number of nitrogen functional groups attached to an aromatic ring is 1. The van der Waals surface area contributed by atoms with Crippen molar-refractivity contribution in [2.45, 2.75) is 19.6 Å². The lowest BCUT2D eigenvalue weighted by atomic mass is 10.2. The molecule has 1 unspecified atom stereocenters. The van der Waals surface area contributed by atoms with Gasteiger partial charge in [0.05, 0.1) is 32.2 Å². The summed E-state index contributed by atoms with van der Waals surface area (Å²) in [6.07, 6.45) is 0.536. The Labute approximate surface area is 193 Å². The molecule has 0 saturated heterocycles. The Morgan fingerprint density at radius 1 is 1.33 bits per heavy atom. The summed E-state index contributed by atoms with van der Waals surface area (Å²) in [6, 6.07) is 3.47. The summed E-state index contributed by atoms with van der Waals surface area (Å²) in [7, 11) is 2.79. The molecular formula is C20H22ClFN6O5. The number of nitrogens with zero attached hydrogens (tertiary/aromatic N) is 3. The predicted octanol–water partition coefficient (Wildman–Crippen LogP) is 2.17. The summed E-state index contributed by atoms with van der Waals surface area (Å²) in [4.78, 5) is 28.3. The van der Waals surface area contributed by atoms with Crippen molar-refractivity contribution in [3.8, 4) is 11.6 Å². The second kappa shape index (κ2) is 10.3. The second-order valence-corrected chi connectivity index (χ2v) is 7.31. The first-order valence-electron chi connectivity index (χ1n) is 9.67. The lowest BCUT2D eigenvalue weighted by Gasteiger charge is -2.15. The molecule has 11 nitrogen and oxygen atoms in total. The SMILES string of the molecule is CNC(=O)Oc1cc(Cl)nc2c(C(=O)NC(C)COCc3cc(N)c(OC)cc3F)cnn12. The van der Waals surface area contributed by atoms with E-state index in [-0.39, 0.29) is 52.5 Å². The van der Waals surface area contributed by atoms with Gasteiger partial charge >= 0.3 is 6.09 Å². The van der Waals surface area contributed by atoms with E-state index < -0.39 is 23.9 Å². The molecule has 1 atom stereocenters. The zero-order valence-corrected chi connectivity index (χ0v) is 18.8. The Bertz CT molecular complexity index is 1190. The molecule has 0 aliphatic carbocycles. The highest BCUT2D eigenvalue weighted by molar-refractivity contribution is 6.29. The highest BCUT2D eigenvalue weighted by Crippen LogP contribution is 2.25. The third-order valence-corrected chi connectivity index (χ3v) is 4.65. The summed E-state index contributed by atoms with van der Waals surface area (Å²) in [5.74, 6) is -0.785. The van der Waals surface area contributed by atoms with E-state index in [1.807, 2.05) is 0 Å². The summed E-state index contributed by atoms with van der Waals surface area (Å²) in [6.45, 7) is 1.76. The molecule has 0 aliphatic heterocycles. The van der Waals surface area contributed by atoms with Crippen LogP contribution in [-0.2, 0) is 11.3 Å². The molecule has 176 valence electrons. The van der Waals surface area contributed by atoms with Crippen LogP contribution in [0.3, 0.4) is 0 Å². The predicted molar refractivity (Wildman–Crippen MR) is 117 cm³/mol. The molecule has 3 rings (SSSR count). The highest BCUT2D eigenvalue weighted by Gasteiger charge is 2.20. The fraction of sp³-hybridized carbons (Fsp3) is 0.300. The van der Waals surface area contributed by atoms with E-state index in [0.29, 0.717) is 0 Å². The minimum atomic E-state index is -0.735. The number of nitrogens with two attached hydrogens (primary N) is 1. The second-order valence-electron chi connectivity index (χ2n) is 6.93. The van der Waals surface area contributed by atoms with E-state index in [4.69, 9.17) is 31.5 Å². The van der Waals surface area contributed by atoms with Crippen molar-refractivity contribution < 1.29 is 28.2 Å². The van der Waals surface area contributed by atoms with Gasteiger partial charge < -0.3 is 30.6 Å². The number of benzene rings is 1. The van der Waals surface area contributed by atoms with Gasteiger partial charge in [-0.3, -0.25) is 4.79 Å². The number of ether oxygens (including phenoxy) is 3. The Morgan fingerprint density at radius 3 is 2.79 bits per heavy atom. The lowest BCUT2D eigenvalue weighted by molar-refractivity contribution is 0.0814. The fourth-order valence-corrected chi connectivity index (χ4v) is 3.05. The van der Waals surface area contributed by atoms with E-state index in [9.17, 15) is 14.0 Å². The normalized spacial score (nSPS) is 11.8. The maximum absolute atomic E-state index is 14.1. The number of rotatable bonds is 8. The topological polar surface area (TPSA) is 142 Å². The summed E-state index contributed by atoms with van der Waals surface area (Å²) in [5, 5.41) is 9.09. The number of halogens is 2. The number of nitrogens with one attached hydrogen (secondary N) is 2. The maximum Gasteiger partial charge on any atom is 0.413 e. The third kappa shape index (κ3) is 5.59. The number of carbonyl (C=O) groups excluding carboxylic acids is 2. The van der Waals surface area contributed by atoms with E-state index in [1.54, 1.807) is 6.92 Å². The van der Waals surface area contributed by atoms with Crippen molar-refractivity contribution >= 4 is 34.9 Å². The Balaban J connectivity index is 1.64. The van der Waals surface area contributed by atoms with Crippen LogP contribution in [0.2, 0.25) is 5.15 Å². The smallest absolute Gasteiger partial charge is 0.413 e. The first-order chi connectivity index (χ1) is 15.7. The van der Waals surface area contributed by atoms with Crippen molar-refractivity contribution in [2.75, 3.05) is 26.5 Å². The molecule has 0 radical (unpaired) electrons. The number of amides is 2. The molecule has 13 heteroatoms. The van der Waals surface area contributed by atoms with Crippen LogP contribution in [0.15, 0.2) is 24.4 Å². The molecule has 2 heterocycles. The summed E-state index contributed by atoms with van der Waals surface area (Å²) >= 11 is 6.00. The average Bonchev–Trinajstić information content (AvgIpc) is 3.19. The molecule has 4 N–H and O–H groups in total. The number of carbonyl (C=O) groups is 2. The quantitative estimate of drug-likeness (QED) is 0.329. The molecule has 0 saturated carbocycles. The van der Waals surface area contributed by atoms with Crippen molar-refractivity contribution in [1.29, 1.82) is 0 Å². The van der Waals surface area contributed by atoms with Gasteiger partial charge in [0.1, 0.15) is 22.3 Å². The number of fused-ring (bicyclic) bond motifs is 1. The molecular weight excluding hydrogens is 459 g/mol. The van der Waals surface area contributed by atoms with E-state index >= 15 is 0 Å². The van der Waals surface area contributed by atoms with Gasteiger partial charge in [0.15, 0.2) is 5.65 Å². The van der Waals surface area contributed by atoms with Gasteiger partial charge in [0.2, 0.25) is 5.88 Å². The van der Waals surface area contributed by atoms with Gasteiger partial charge in [-0.1, -0.05) is 11.6 Å². The van der Waals surface area contributed by atoms with Crippen LogP contribution in [0.1, 0.15) is 22.8 Å². The standard InChI is InChI=1S/C20H22ClFN6O5/c1-10(8-32-9-11-4-14(23)15(31-3)5-13(11)22)26-19(29)12-7-25-28-17(33-20(30)24-2)6-16(21)27-18(12)28/h4-7,10H,8-9,23H2,1-3H3,(H,24,30)(H,26,29).